The van der Waals surface area contributed by atoms with Crippen molar-refractivity contribution in [1.29, 1.82) is 5.26 Å². The number of amides is 1. The van der Waals surface area contributed by atoms with Gasteiger partial charge in [-0.05, 0) is 24.6 Å². The molecule has 0 saturated carbocycles. The van der Waals surface area contributed by atoms with E-state index in [2.05, 4.69) is 4.72 Å². The summed E-state index contributed by atoms with van der Waals surface area (Å²) in [6, 6.07) is 13.5. The third-order valence-corrected chi connectivity index (χ3v) is 5.71. The molecule has 0 spiro atoms. The quantitative estimate of drug-likeness (QED) is 0.893. The van der Waals surface area contributed by atoms with Crippen molar-refractivity contribution in [3.05, 3.63) is 64.7 Å². The van der Waals surface area contributed by atoms with Crippen LogP contribution < -0.4 is 9.46 Å². The number of rotatable bonds is 4. The molecule has 1 aliphatic heterocycles. The average molecular weight is 370 g/mol. The van der Waals surface area contributed by atoms with Crippen LogP contribution in [0.2, 0.25) is 0 Å². The van der Waals surface area contributed by atoms with Crippen LogP contribution in [-0.4, -0.2) is 20.4 Å². The molecule has 0 saturated heterocycles. The van der Waals surface area contributed by atoms with Crippen molar-refractivity contribution in [2.75, 3.05) is 0 Å². The lowest BCUT2D eigenvalue weighted by atomic mass is 9.97. The maximum Gasteiger partial charge on any atom is 0.268 e. The van der Waals surface area contributed by atoms with Gasteiger partial charge in [0.25, 0.3) is 5.91 Å². The molecule has 6 nitrogen and oxygen atoms in total. The molecule has 3 rings (SSSR count). The Kier molecular flexibility index (Phi) is 4.70. The van der Waals surface area contributed by atoms with E-state index in [1.54, 1.807) is 24.3 Å². The molecule has 26 heavy (non-hydrogen) atoms. The van der Waals surface area contributed by atoms with Crippen LogP contribution in [0, 0.1) is 11.3 Å². The first-order valence-corrected chi connectivity index (χ1v) is 9.80. The highest BCUT2D eigenvalue weighted by molar-refractivity contribution is 7.89. The van der Waals surface area contributed by atoms with E-state index in [0.29, 0.717) is 11.3 Å². The Labute approximate surface area is 152 Å². The van der Waals surface area contributed by atoms with Gasteiger partial charge in [0.05, 0.1) is 22.9 Å². The van der Waals surface area contributed by atoms with E-state index in [-0.39, 0.29) is 23.1 Å². The fraction of sp³-hybridized carbons (Fsp3) is 0.263. The summed E-state index contributed by atoms with van der Waals surface area (Å²) < 4.78 is 32.6. The first kappa shape index (κ1) is 18.0. The standard InChI is InChI=1S/C19H18N2O4S/c1-12-13(2)25-18-16(12)8-5-9-17(18)19(22)21-26(23,24)11-15-7-4-3-6-14(15)10-20/h3-9,12-13H,11H2,1-2H3,(H,21,22)/t12-,13+/m0/s1. The number of benzene rings is 2. The van der Waals surface area contributed by atoms with Crippen LogP contribution in [0.4, 0.5) is 0 Å². The molecule has 1 amide bonds. The Hall–Kier alpha value is -2.85. The number of fused-ring (bicyclic) bond motifs is 1. The molecule has 0 unspecified atom stereocenters. The number of nitrogens with one attached hydrogen (secondary N) is 1. The molecule has 1 heterocycles. The second kappa shape index (κ2) is 6.81. The Morgan fingerprint density at radius 3 is 2.65 bits per heavy atom. The topological polar surface area (TPSA) is 96.3 Å². The Morgan fingerprint density at radius 2 is 1.92 bits per heavy atom. The fourth-order valence-corrected chi connectivity index (χ4v) is 4.08. The minimum atomic E-state index is -3.97. The summed E-state index contributed by atoms with van der Waals surface area (Å²) in [7, 11) is -3.97. The predicted molar refractivity (Wildman–Crippen MR) is 96.2 cm³/mol. The monoisotopic (exact) mass is 370 g/mol. The van der Waals surface area contributed by atoms with Crippen molar-refractivity contribution in [2.24, 2.45) is 0 Å². The van der Waals surface area contributed by atoms with Crippen LogP contribution in [0.3, 0.4) is 0 Å². The Morgan fingerprint density at radius 1 is 1.19 bits per heavy atom. The number of nitrogens with zero attached hydrogens (tertiary/aromatic N) is 1. The molecule has 0 fully saturated rings. The molecule has 134 valence electrons. The Bertz CT molecular complexity index is 1010. The Balaban J connectivity index is 1.84. The van der Waals surface area contributed by atoms with Gasteiger partial charge in [0, 0.05) is 11.5 Å². The highest BCUT2D eigenvalue weighted by atomic mass is 32.2. The lowest BCUT2D eigenvalue weighted by Gasteiger charge is -2.11. The normalized spacial score (nSPS) is 18.5. The van der Waals surface area contributed by atoms with Gasteiger partial charge in [0.1, 0.15) is 11.9 Å². The van der Waals surface area contributed by atoms with Crippen molar-refractivity contribution in [2.45, 2.75) is 31.6 Å². The molecule has 1 aliphatic rings. The van der Waals surface area contributed by atoms with Crippen molar-refractivity contribution in [1.82, 2.24) is 4.72 Å². The average Bonchev–Trinajstić information content (AvgIpc) is 2.89. The number of para-hydroxylation sites is 1. The SMILES string of the molecule is C[C@@H]1c2cccc(C(=O)NS(=O)(=O)Cc3ccccc3C#N)c2O[C@@H]1C. The fourth-order valence-electron chi connectivity index (χ4n) is 2.96. The van der Waals surface area contributed by atoms with Gasteiger partial charge < -0.3 is 4.74 Å². The minimum Gasteiger partial charge on any atom is -0.489 e. The van der Waals surface area contributed by atoms with E-state index in [1.807, 2.05) is 26.0 Å². The van der Waals surface area contributed by atoms with E-state index in [1.165, 1.54) is 12.1 Å². The zero-order valence-corrected chi connectivity index (χ0v) is 15.2. The maximum absolute atomic E-state index is 12.5. The van der Waals surface area contributed by atoms with E-state index < -0.39 is 21.7 Å². The number of carbonyl (C=O) groups is 1. The van der Waals surface area contributed by atoms with E-state index in [4.69, 9.17) is 10.00 Å². The van der Waals surface area contributed by atoms with Gasteiger partial charge in [-0.3, -0.25) is 4.79 Å². The summed E-state index contributed by atoms with van der Waals surface area (Å²) in [5, 5.41) is 9.08. The molecule has 0 bridgehead atoms. The van der Waals surface area contributed by atoms with Crippen LogP contribution in [0.15, 0.2) is 42.5 Å². The van der Waals surface area contributed by atoms with Gasteiger partial charge in [0.2, 0.25) is 10.0 Å². The van der Waals surface area contributed by atoms with E-state index in [9.17, 15) is 13.2 Å². The lowest BCUT2D eigenvalue weighted by molar-refractivity contribution is 0.0976. The van der Waals surface area contributed by atoms with E-state index in [0.717, 1.165) is 5.56 Å². The number of hydrogen-bond acceptors (Lipinski definition) is 5. The van der Waals surface area contributed by atoms with Crippen molar-refractivity contribution in [3.8, 4) is 11.8 Å². The summed E-state index contributed by atoms with van der Waals surface area (Å²) >= 11 is 0. The van der Waals surface area contributed by atoms with Crippen molar-refractivity contribution >= 4 is 15.9 Å². The molecular weight excluding hydrogens is 352 g/mol. The number of sulfonamides is 1. The molecule has 1 N–H and O–H groups in total. The number of hydrogen-bond donors (Lipinski definition) is 1. The van der Waals surface area contributed by atoms with Gasteiger partial charge in [-0.1, -0.05) is 37.3 Å². The van der Waals surface area contributed by atoms with Crippen LogP contribution in [-0.2, 0) is 15.8 Å². The van der Waals surface area contributed by atoms with Gasteiger partial charge in [0.15, 0.2) is 0 Å². The second-order valence-corrected chi connectivity index (χ2v) is 8.02. The summed E-state index contributed by atoms with van der Waals surface area (Å²) in [5.74, 6) is -0.641. The van der Waals surface area contributed by atoms with Crippen LogP contribution >= 0.6 is 0 Å². The van der Waals surface area contributed by atoms with Crippen LogP contribution in [0.25, 0.3) is 0 Å². The van der Waals surface area contributed by atoms with Gasteiger partial charge in [-0.2, -0.15) is 5.26 Å². The smallest absolute Gasteiger partial charge is 0.268 e. The van der Waals surface area contributed by atoms with E-state index >= 15 is 0 Å². The third-order valence-electron chi connectivity index (χ3n) is 4.52. The van der Waals surface area contributed by atoms with Crippen LogP contribution in [0.5, 0.6) is 5.75 Å². The summed E-state index contributed by atoms with van der Waals surface area (Å²) in [5.41, 5.74) is 1.68. The highest BCUT2D eigenvalue weighted by Crippen LogP contribution is 2.40. The zero-order chi connectivity index (χ0) is 18.9. The molecule has 2 aromatic carbocycles. The number of nitriles is 1. The molecule has 2 aromatic rings. The molecular formula is C19H18N2O4S. The third kappa shape index (κ3) is 3.41. The summed E-state index contributed by atoms with van der Waals surface area (Å²) in [6.45, 7) is 3.90. The van der Waals surface area contributed by atoms with Gasteiger partial charge >= 0.3 is 0 Å². The second-order valence-electron chi connectivity index (χ2n) is 6.29. The zero-order valence-electron chi connectivity index (χ0n) is 14.4. The lowest BCUT2D eigenvalue weighted by Crippen LogP contribution is -2.32. The first-order chi connectivity index (χ1) is 12.3. The predicted octanol–water partition coefficient (Wildman–Crippen LogP) is 2.70. The maximum atomic E-state index is 12.5. The number of carbonyl (C=O) groups excluding carboxylic acids is 1. The highest BCUT2D eigenvalue weighted by Gasteiger charge is 2.32. The number of ether oxygens (including phenoxy) is 1. The van der Waals surface area contributed by atoms with Gasteiger partial charge in [-0.15, -0.1) is 0 Å². The molecule has 0 aromatic heterocycles. The molecule has 0 aliphatic carbocycles. The van der Waals surface area contributed by atoms with Gasteiger partial charge in [-0.25, -0.2) is 13.1 Å². The molecule has 2 atom stereocenters. The first-order valence-electron chi connectivity index (χ1n) is 8.15. The van der Waals surface area contributed by atoms with Crippen molar-refractivity contribution in [3.63, 3.8) is 0 Å². The minimum absolute atomic E-state index is 0.0851. The van der Waals surface area contributed by atoms with Crippen molar-refractivity contribution < 1.29 is 17.9 Å². The summed E-state index contributed by atoms with van der Waals surface area (Å²) in [4.78, 5) is 12.5. The molecule has 0 radical (unpaired) electrons. The summed E-state index contributed by atoms with van der Waals surface area (Å²) in [6.07, 6.45) is -0.0851. The van der Waals surface area contributed by atoms with Crippen LogP contribution in [0.1, 0.15) is 46.8 Å². The molecule has 7 heteroatoms. The largest absolute Gasteiger partial charge is 0.489 e.